The van der Waals surface area contributed by atoms with Crippen LogP contribution in [-0.2, 0) is 6.61 Å². The van der Waals surface area contributed by atoms with Crippen molar-refractivity contribution in [3.63, 3.8) is 0 Å². The van der Waals surface area contributed by atoms with Crippen LogP contribution in [0.15, 0.2) is 65.1 Å². The third-order valence-electron chi connectivity index (χ3n) is 3.73. The Balaban J connectivity index is 1.58. The van der Waals surface area contributed by atoms with Crippen molar-refractivity contribution in [3.05, 3.63) is 87.8 Å². The van der Waals surface area contributed by atoms with Crippen molar-refractivity contribution < 1.29 is 27.5 Å². The SMILES string of the molecule is O=C(/C=C/c1ccc(COc2cccc(Cl)c2Cl)o1)c1ccc(OC(F)F)cc1. The van der Waals surface area contributed by atoms with Crippen LogP contribution in [0.25, 0.3) is 6.08 Å². The van der Waals surface area contributed by atoms with Gasteiger partial charge in [-0.3, -0.25) is 4.79 Å². The van der Waals surface area contributed by atoms with E-state index in [1.165, 1.54) is 36.4 Å². The molecule has 1 aromatic heterocycles. The third-order valence-corrected chi connectivity index (χ3v) is 4.53. The molecule has 3 rings (SSSR count). The number of hydrogen-bond donors (Lipinski definition) is 0. The average Bonchev–Trinajstić information content (AvgIpc) is 3.15. The zero-order valence-corrected chi connectivity index (χ0v) is 16.3. The number of carbonyl (C=O) groups is 1. The van der Waals surface area contributed by atoms with Crippen molar-refractivity contribution in [1.29, 1.82) is 0 Å². The van der Waals surface area contributed by atoms with Gasteiger partial charge in [0, 0.05) is 5.56 Å². The molecule has 1 heterocycles. The van der Waals surface area contributed by atoms with Crippen LogP contribution in [0.3, 0.4) is 0 Å². The van der Waals surface area contributed by atoms with Gasteiger partial charge in [0.15, 0.2) is 5.78 Å². The molecule has 0 spiro atoms. The molecule has 29 heavy (non-hydrogen) atoms. The zero-order chi connectivity index (χ0) is 20.8. The summed E-state index contributed by atoms with van der Waals surface area (Å²) >= 11 is 12.0. The molecule has 0 unspecified atom stereocenters. The number of ketones is 1. The van der Waals surface area contributed by atoms with E-state index in [0.717, 1.165) is 0 Å². The Morgan fingerprint density at radius 1 is 1.07 bits per heavy atom. The number of furan rings is 1. The number of benzene rings is 2. The van der Waals surface area contributed by atoms with Crippen molar-refractivity contribution in [2.75, 3.05) is 0 Å². The highest BCUT2D eigenvalue weighted by Gasteiger charge is 2.09. The molecule has 150 valence electrons. The first-order valence-electron chi connectivity index (χ1n) is 8.35. The molecule has 0 radical (unpaired) electrons. The molecule has 0 aliphatic heterocycles. The minimum Gasteiger partial charge on any atom is -0.484 e. The second kappa shape index (κ2) is 9.58. The summed E-state index contributed by atoms with van der Waals surface area (Å²) in [5, 5.41) is 0.705. The Hall–Kier alpha value is -2.83. The zero-order valence-electron chi connectivity index (χ0n) is 14.8. The molecule has 0 amide bonds. The minimum atomic E-state index is -2.91. The van der Waals surface area contributed by atoms with Crippen LogP contribution in [0.2, 0.25) is 10.0 Å². The lowest BCUT2D eigenvalue weighted by atomic mass is 10.1. The largest absolute Gasteiger partial charge is 0.484 e. The second-order valence-electron chi connectivity index (χ2n) is 5.75. The number of halogens is 4. The highest BCUT2D eigenvalue weighted by molar-refractivity contribution is 6.42. The van der Waals surface area contributed by atoms with Gasteiger partial charge in [0.25, 0.3) is 0 Å². The van der Waals surface area contributed by atoms with E-state index >= 15 is 0 Å². The Labute approximate surface area is 175 Å². The molecule has 0 aliphatic rings. The van der Waals surface area contributed by atoms with Crippen LogP contribution in [-0.4, -0.2) is 12.4 Å². The van der Waals surface area contributed by atoms with Crippen LogP contribution >= 0.6 is 23.2 Å². The molecular formula is C21H14Cl2F2O4. The van der Waals surface area contributed by atoms with E-state index in [-0.39, 0.29) is 18.1 Å². The van der Waals surface area contributed by atoms with Gasteiger partial charge in [-0.15, -0.1) is 0 Å². The van der Waals surface area contributed by atoms with Gasteiger partial charge in [-0.05, 0) is 60.7 Å². The summed E-state index contributed by atoms with van der Waals surface area (Å²) in [6.07, 6.45) is 2.82. The number of carbonyl (C=O) groups excluding carboxylic acids is 1. The van der Waals surface area contributed by atoms with Gasteiger partial charge in [-0.1, -0.05) is 29.3 Å². The van der Waals surface area contributed by atoms with Crippen LogP contribution in [0, 0.1) is 0 Å². The number of alkyl halides is 2. The predicted molar refractivity (Wildman–Crippen MR) is 106 cm³/mol. The molecule has 0 fully saturated rings. The molecular weight excluding hydrogens is 425 g/mol. The van der Waals surface area contributed by atoms with Crippen LogP contribution in [0.5, 0.6) is 11.5 Å². The van der Waals surface area contributed by atoms with Crippen LogP contribution in [0.1, 0.15) is 21.9 Å². The smallest absolute Gasteiger partial charge is 0.387 e. The van der Waals surface area contributed by atoms with E-state index in [4.69, 9.17) is 32.4 Å². The first-order valence-corrected chi connectivity index (χ1v) is 9.11. The highest BCUT2D eigenvalue weighted by atomic mass is 35.5. The van der Waals surface area contributed by atoms with Gasteiger partial charge in [-0.25, -0.2) is 0 Å². The molecule has 0 atom stereocenters. The molecule has 2 aromatic carbocycles. The fraction of sp³-hybridized carbons (Fsp3) is 0.0952. The van der Waals surface area contributed by atoms with Crippen molar-refractivity contribution in [2.24, 2.45) is 0 Å². The summed E-state index contributed by atoms with van der Waals surface area (Å²) in [7, 11) is 0. The van der Waals surface area contributed by atoms with Gasteiger partial charge < -0.3 is 13.9 Å². The highest BCUT2D eigenvalue weighted by Crippen LogP contribution is 2.32. The van der Waals surface area contributed by atoms with E-state index in [1.54, 1.807) is 30.3 Å². The van der Waals surface area contributed by atoms with Crippen molar-refractivity contribution in [1.82, 2.24) is 0 Å². The normalized spacial score (nSPS) is 11.2. The molecule has 8 heteroatoms. The van der Waals surface area contributed by atoms with E-state index in [0.29, 0.717) is 32.9 Å². The summed E-state index contributed by atoms with van der Waals surface area (Å²) in [4.78, 5) is 12.2. The average molecular weight is 439 g/mol. The van der Waals surface area contributed by atoms with Crippen molar-refractivity contribution in [3.8, 4) is 11.5 Å². The molecule has 3 aromatic rings. The number of rotatable bonds is 8. The number of allylic oxidation sites excluding steroid dienone is 1. The molecule has 0 N–H and O–H groups in total. The predicted octanol–water partition coefficient (Wildman–Crippen LogP) is 6.66. The molecule has 0 bridgehead atoms. The molecule has 0 aliphatic carbocycles. The van der Waals surface area contributed by atoms with E-state index in [9.17, 15) is 13.6 Å². The fourth-order valence-electron chi connectivity index (χ4n) is 2.36. The monoisotopic (exact) mass is 438 g/mol. The minimum absolute atomic E-state index is 0.0176. The van der Waals surface area contributed by atoms with Gasteiger partial charge in [0.05, 0.1) is 5.02 Å². The summed E-state index contributed by atoms with van der Waals surface area (Å²) in [5.74, 6) is 1.08. The fourth-order valence-corrected chi connectivity index (χ4v) is 2.71. The third kappa shape index (κ3) is 5.82. The van der Waals surface area contributed by atoms with E-state index < -0.39 is 6.61 Å². The Morgan fingerprint density at radius 3 is 2.55 bits per heavy atom. The van der Waals surface area contributed by atoms with Gasteiger partial charge in [-0.2, -0.15) is 8.78 Å². The number of ether oxygens (including phenoxy) is 2. The maximum Gasteiger partial charge on any atom is 0.387 e. The van der Waals surface area contributed by atoms with Gasteiger partial charge >= 0.3 is 6.61 Å². The van der Waals surface area contributed by atoms with E-state index in [1.807, 2.05) is 0 Å². The van der Waals surface area contributed by atoms with Gasteiger partial charge in [0.2, 0.25) is 0 Å². The maximum absolute atomic E-state index is 12.2. The van der Waals surface area contributed by atoms with Crippen LogP contribution in [0.4, 0.5) is 8.78 Å². The van der Waals surface area contributed by atoms with E-state index in [2.05, 4.69) is 4.74 Å². The molecule has 4 nitrogen and oxygen atoms in total. The topological polar surface area (TPSA) is 48.7 Å². The Kier molecular flexibility index (Phi) is 6.90. The standard InChI is InChI=1S/C21H14Cl2F2O4/c22-17-2-1-3-19(20(17)23)27-12-16-9-8-14(28-16)10-11-18(26)13-4-6-15(7-5-13)29-21(24)25/h1-11,21H,12H2/b11-10+. The van der Waals surface area contributed by atoms with Crippen molar-refractivity contribution in [2.45, 2.75) is 13.2 Å². The van der Waals surface area contributed by atoms with Crippen molar-refractivity contribution >= 4 is 35.1 Å². The quantitative estimate of drug-likeness (QED) is 0.291. The molecule has 0 saturated carbocycles. The number of hydrogen-bond acceptors (Lipinski definition) is 4. The molecule has 0 saturated heterocycles. The summed E-state index contributed by atoms with van der Waals surface area (Å²) in [5.41, 5.74) is 0.327. The summed E-state index contributed by atoms with van der Waals surface area (Å²) in [6, 6.07) is 13.9. The summed E-state index contributed by atoms with van der Waals surface area (Å²) < 4.78 is 39.7. The maximum atomic E-state index is 12.2. The Bertz CT molecular complexity index is 1010. The lowest BCUT2D eigenvalue weighted by Crippen LogP contribution is -2.02. The summed E-state index contributed by atoms with van der Waals surface area (Å²) in [6.45, 7) is -2.78. The van der Waals surface area contributed by atoms with Crippen LogP contribution < -0.4 is 9.47 Å². The second-order valence-corrected chi connectivity index (χ2v) is 6.53. The Morgan fingerprint density at radius 2 is 1.83 bits per heavy atom. The lowest BCUT2D eigenvalue weighted by Gasteiger charge is -2.06. The first kappa shape index (κ1) is 20.9. The first-order chi connectivity index (χ1) is 13.9. The lowest BCUT2D eigenvalue weighted by molar-refractivity contribution is -0.0498. The van der Waals surface area contributed by atoms with Gasteiger partial charge in [0.1, 0.15) is 34.6 Å².